The van der Waals surface area contributed by atoms with Crippen LogP contribution in [0.5, 0.6) is 0 Å². The van der Waals surface area contributed by atoms with Gasteiger partial charge in [0.15, 0.2) is 0 Å². The van der Waals surface area contributed by atoms with Gasteiger partial charge in [-0.15, -0.1) is 0 Å². The molecule has 0 spiro atoms. The van der Waals surface area contributed by atoms with E-state index in [4.69, 9.17) is 4.98 Å². The Balaban J connectivity index is 1.31. The van der Waals surface area contributed by atoms with Crippen LogP contribution in [-0.4, -0.2) is 4.98 Å². The average molecular weight is 435 g/mol. The number of aryl methyl sites for hydroxylation is 2. The summed E-state index contributed by atoms with van der Waals surface area (Å²) in [4.78, 5) is 4.77. The zero-order chi connectivity index (χ0) is 22.7. The van der Waals surface area contributed by atoms with Gasteiger partial charge >= 0.3 is 0 Å². The molecule has 0 amide bonds. The Bertz CT molecular complexity index is 874. The third-order valence-electron chi connectivity index (χ3n) is 11.1. The molecule has 4 aliphatic carbocycles. The Morgan fingerprint density at radius 1 is 1.00 bits per heavy atom. The Morgan fingerprint density at radius 2 is 1.78 bits per heavy atom. The van der Waals surface area contributed by atoms with Crippen LogP contribution in [0.4, 0.5) is 5.82 Å². The van der Waals surface area contributed by atoms with Crippen molar-refractivity contribution < 1.29 is 0 Å². The molecule has 176 valence electrons. The molecule has 5 rings (SSSR count). The molecule has 2 nitrogen and oxygen atoms in total. The number of anilines is 1. The van der Waals surface area contributed by atoms with Gasteiger partial charge in [0, 0.05) is 17.3 Å². The second-order valence-corrected chi connectivity index (χ2v) is 12.8. The number of nitrogens with one attached hydrogen (secondary N) is 1. The van der Waals surface area contributed by atoms with E-state index < -0.39 is 0 Å². The average Bonchev–Trinajstić information content (AvgIpc) is 3.13. The maximum Gasteiger partial charge on any atom is 0.133 e. The van der Waals surface area contributed by atoms with Crippen LogP contribution in [0.1, 0.15) is 96.2 Å². The number of pyridine rings is 1. The van der Waals surface area contributed by atoms with Crippen molar-refractivity contribution in [3.63, 3.8) is 0 Å². The van der Waals surface area contributed by atoms with Crippen LogP contribution >= 0.6 is 0 Å². The van der Waals surface area contributed by atoms with Gasteiger partial charge in [-0.3, -0.25) is 0 Å². The van der Waals surface area contributed by atoms with E-state index in [-0.39, 0.29) is 0 Å². The number of hydrogen-bond acceptors (Lipinski definition) is 2. The van der Waals surface area contributed by atoms with Crippen LogP contribution in [0.2, 0.25) is 0 Å². The topological polar surface area (TPSA) is 24.9 Å². The van der Waals surface area contributed by atoms with Gasteiger partial charge in [-0.25, -0.2) is 4.98 Å². The fourth-order valence-electron chi connectivity index (χ4n) is 9.07. The van der Waals surface area contributed by atoms with Crippen molar-refractivity contribution in [1.82, 2.24) is 4.98 Å². The van der Waals surface area contributed by atoms with Crippen LogP contribution in [0, 0.1) is 60.2 Å². The van der Waals surface area contributed by atoms with Crippen LogP contribution in [0.15, 0.2) is 24.4 Å². The molecular weight excluding hydrogens is 388 g/mol. The van der Waals surface area contributed by atoms with E-state index in [9.17, 15) is 0 Å². The van der Waals surface area contributed by atoms with E-state index >= 15 is 0 Å². The second-order valence-electron chi connectivity index (χ2n) is 12.8. The normalized spacial score (nSPS) is 43.2. The summed E-state index contributed by atoms with van der Waals surface area (Å²) in [6, 6.07) is 4.27. The number of aromatic nitrogens is 1. The van der Waals surface area contributed by atoms with Crippen LogP contribution in [0.3, 0.4) is 0 Å². The van der Waals surface area contributed by atoms with Gasteiger partial charge in [-0.2, -0.15) is 0 Å². The molecule has 2 heteroatoms. The fourth-order valence-corrected chi connectivity index (χ4v) is 9.07. The van der Waals surface area contributed by atoms with Gasteiger partial charge in [-0.1, -0.05) is 39.8 Å². The highest BCUT2D eigenvalue weighted by atomic mass is 15.0. The van der Waals surface area contributed by atoms with Crippen molar-refractivity contribution in [2.45, 2.75) is 98.8 Å². The molecule has 0 bridgehead atoms. The smallest absolute Gasteiger partial charge is 0.133 e. The Morgan fingerprint density at radius 3 is 2.56 bits per heavy atom. The molecule has 1 heterocycles. The van der Waals surface area contributed by atoms with Gasteiger partial charge in [0.2, 0.25) is 0 Å². The Labute approximate surface area is 197 Å². The van der Waals surface area contributed by atoms with E-state index in [1.807, 2.05) is 0 Å². The predicted molar refractivity (Wildman–Crippen MR) is 135 cm³/mol. The van der Waals surface area contributed by atoms with E-state index in [1.165, 1.54) is 75.5 Å². The van der Waals surface area contributed by atoms with Crippen LogP contribution in [0.25, 0.3) is 0 Å². The van der Waals surface area contributed by atoms with E-state index in [1.54, 1.807) is 0 Å². The second kappa shape index (κ2) is 8.17. The summed E-state index contributed by atoms with van der Waals surface area (Å²) in [5.41, 5.74) is 4.56. The maximum absolute atomic E-state index is 4.77. The molecule has 4 fully saturated rings. The Hall–Kier alpha value is -1.31. The van der Waals surface area contributed by atoms with Gasteiger partial charge in [0.1, 0.15) is 5.82 Å². The maximum atomic E-state index is 4.77. The highest BCUT2D eigenvalue weighted by Gasteiger charge is 2.57. The summed E-state index contributed by atoms with van der Waals surface area (Å²) in [5, 5.41) is 3.68. The van der Waals surface area contributed by atoms with Gasteiger partial charge < -0.3 is 5.32 Å². The number of rotatable bonds is 4. The molecule has 0 radical (unpaired) electrons. The quantitative estimate of drug-likeness (QED) is 0.515. The van der Waals surface area contributed by atoms with Crippen molar-refractivity contribution in [3.05, 3.63) is 35.7 Å². The lowest BCUT2D eigenvalue weighted by Crippen LogP contribution is -2.49. The number of nitrogens with zero attached hydrogens (tertiary/aromatic N) is 1. The van der Waals surface area contributed by atoms with Gasteiger partial charge in [0.25, 0.3) is 0 Å². The van der Waals surface area contributed by atoms with E-state index in [0.29, 0.717) is 16.7 Å². The summed E-state index contributed by atoms with van der Waals surface area (Å²) in [6.07, 6.45) is 14.4. The number of fused-ring (bicyclic) bond motifs is 5. The fraction of sp³-hybridized carbons (Fsp3) is 0.767. The molecule has 4 aliphatic rings. The van der Waals surface area contributed by atoms with Crippen LogP contribution in [-0.2, 0) is 0 Å². The lowest BCUT2D eigenvalue weighted by molar-refractivity contribution is -0.0751. The van der Waals surface area contributed by atoms with Gasteiger partial charge in [-0.05, 0) is 124 Å². The molecule has 1 aromatic rings. The molecule has 0 aliphatic heterocycles. The highest BCUT2D eigenvalue weighted by Crippen LogP contribution is 2.66. The zero-order valence-corrected chi connectivity index (χ0v) is 21.3. The minimum atomic E-state index is 0.419. The first-order valence-corrected chi connectivity index (χ1v) is 13.6. The number of hydrogen-bond donors (Lipinski definition) is 1. The largest absolute Gasteiger partial charge is 0.344 e. The molecule has 1 N–H and O–H groups in total. The lowest BCUT2D eigenvalue weighted by atomic mass is 9.48. The third-order valence-corrected chi connectivity index (χ3v) is 11.1. The van der Waals surface area contributed by atoms with Crippen LogP contribution < -0.4 is 5.32 Å². The number of allylic oxidation sites excluding steroid dienone is 1. The summed E-state index contributed by atoms with van der Waals surface area (Å²) in [7, 11) is 0. The van der Waals surface area contributed by atoms with Crippen molar-refractivity contribution >= 4 is 5.82 Å². The first-order valence-electron chi connectivity index (χ1n) is 13.6. The summed E-state index contributed by atoms with van der Waals surface area (Å²) >= 11 is 0. The molecule has 0 saturated heterocycles. The molecule has 8 atom stereocenters. The zero-order valence-electron chi connectivity index (χ0n) is 21.3. The molecule has 4 saturated carbocycles. The SMILES string of the molecule is C=C(Nc1nc(C)ccc1C)C1CCC2C3CCC4C[C@@](C)(CC)CCC4C3CCC12C. The van der Waals surface area contributed by atoms with Crippen molar-refractivity contribution in [2.75, 3.05) is 5.32 Å². The summed E-state index contributed by atoms with van der Waals surface area (Å²) in [6.45, 7) is 16.4. The van der Waals surface area contributed by atoms with Crippen molar-refractivity contribution in [3.8, 4) is 0 Å². The Kier molecular flexibility index (Phi) is 5.74. The predicted octanol–water partition coefficient (Wildman–Crippen LogP) is 8.31. The molecular formula is C30H46N2. The molecule has 0 aromatic carbocycles. The molecule has 1 aromatic heterocycles. The minimum absolute atomic E-state index is 0.419. The monoisotopic (exact) mass is 434 g/mol. The van der Waals surface area contributed by atoms with E-state index in [2.05, 4.69) is 58.6 Å². The minimum Gasteiger partial charge on any atom is -0.344 e. The van der Waals surface area contributed by atoms with Gasteiger partial charge in [0.05, 0.1) is 0 Å². The third kappa shape index (κ3) is 3.64. The molecule has 7 unspecified atom stereocenters. The lowest BCUT2D eigenvalue weighted by Gasteiger charge is -2.57. The first kappa shape index (κ1) is 22.5. The van der Waals surface area contributed by atoms with Crippen molar-refractivity contribution in [1.29, 1.82) is 0 Å². The first-order chi connectivity index (χ1) is 15.2. The highest BCUT2D eigenvalue weighted by molar-refractivity contribution is 5.49. The summed E-state index contributed by atoms with van der Waals surface area (Å²) in [5.74, 6) is 6.52. The van der Waals surface area contributed by atoms with E-state index in [0.717, 1.165) is 41.1 Å². The van der Waals surface area contributed by atoms with Crippen molar-refractivity contribution in [2.24, 2.45) is 46.3 Å². The summed E-state index contributed by atoms with van der Waals surface area (Å²) < 4.78 is 0. The standard InChI is InChI=1S/C30H46N2/c1-7-29(5)16-14-23-22(18-29)10-11-25-24(23)15-17-30(6)26(12-13-27(25)30)21(4)32-28-19(2)8-9-20(3)31-28/h8-9,22-27H,4,7,10-18H2,1-3,5-6H3,(H,31,32)/t22?,23?,24?,25?,26?,27?,29-,30?/m0/s1. The molecule has 32 heavy (non-hydrogen) atoms.